The van der Waals surface area contributed by atoms with Crippen LogP contribution in [0.3, 0.4) is 0 Å². The number of hydrogen-bond acceptors (Lipinski definition) is 4. The van der Waals surface area contributed by atoms with Gasteiger partial charge in [0, 0.05) is 50.6 Å². The zero-order valence-electron chi connectivity index (χ0n) is 15.6. The number of aromatic nitrogens is 4. The Hall–Kier alpha value is -2.96. The highest BCUT2D eigenvalue weighted by atomic mass is 16.2. The average Bonchev–Trinajstić information content (AvgIpc) is 3.19. The molecule has 140 valence electrons. The van der Waals surface area contributed by atoms with E-state index in [4.69, 9.17) is 0 Å². The summed E-state index contributed by atoms with van der Waals surface area (Å²) in [6, 6.07) is 5.14. The van der Waals surface area contributed by atoms with E-state index in [1.54, 1.807) is 25.2 Å². The van der Waals surface area contributed by atoms with Gasteiger partial charge in [0.05, 0.1) is 17.2 Å². The number of aryl methyl sites for hydroxylation is 2. The lowest BCUT2D eigenvalue weighted by atomic mass is 9.96. The maximum Gasteiger partial charge on any atom is 0.260 e. The number of amides is 1. The van der Waals surface area contributed by atoms with Crippen LogP contribution < -0.4 is 5.56 Å². The topological polar surface area (TPSA) is 73.0 Å². The highest BCUT2D eigenvalue weighted by Crippen LogP contribution is 2.27. The van der Waals surface area contributed by atoms with Crippen LogP contribution in [0.25, 0.3) is 10.9 Å². The molecular weight excluding hydrogens is 342 g/mol. The van der Waals surface area contributed by atoms with Crippen molar-refractivity contribution < 1.29 is 4.79 Å². The fourth-order valence-electron chi connectivity index (χ4n) is 3.85. The molecule has 7 nitrogen and oxygen atoms in total. The summed E-state index contributed by atoms with van der Waals surface area (Å²) in [5.74, 6) is 1.29. The average molecular weight is 365 g/mol. The second-order valence-corrected chi connectivity index (χ2v) is 7.05. The highest BCUT2D eigenvalue weighted by molar-refractivity contribution is 5.97. The third-order valence-corrected chi connectivity index (χ3v) is 5.33. The number of rotatable bonds is 3. The van der Waals surface area contributed by atoms with Crippen molar-refractivity contribution in [3.63, 3.8) is 0 Å². The summed E-state index contributed by atoms with van der Waals surface area (Å²) in [6.07, 6.45) is 7.30. The second kappa shape index (κ2) is 6.98. The highest BCUT2D eigenvalue weighted by Gasteiger charge is 2.28. The fourth-order valence-corrected chi connectivity index (χ4v) is 3.85. The van der Waals surface area contributed by atoms with Gasteiger partial charge < -0.3 is 14.0 Å². The van der Waals surface area contributed by atoms with Crippen LogP contribution in [-0.4, -0.2) is 43.0 Å². The molecule has 1 saturated heterocycles. The van der Waals surface area contributed by atoms with Gasteiger partial charge >= 0.3 is 0 Å². The molecule has 0 aliphatic carbocycles. The number of imidazole rings is 1. The number of benzene rings is 1. The minimum absolute atomic E-state index is 0.0151. The lowest BCUT2D eigenvalue weighted by Crippen LogP contribution is -2.39. The molecule has 1 aromatic carbocycles. The van der Waals surface area contributed by atoms with Crippen LogP contribution in [0.2, 0.25) is 0 Å². The Labute approximate surface area is 157 Å². The van der Waals surface area contributed by atoms with Crippen LogP contribution in [0.4, 0.5) is 0 Å². The summed E-state index contributed by atoms with van der Waals surface area (Å²) >= 11 is 0. The lowest BCUT2D eigenvalue weighted by molar-refractivity contribution is 0.0703. The number of carbonyl (C=O) groups is 1. The predicted molar refractivity (Wildman–Crippen MR) is 103 cm³/mol. The molecule has 3 aromatic rings. The third-order valence-electron chi connectivity index (χ3n) is 5.33. The van der Waals surface area contributed by atoms with Crippen LogP contribution in [0.5, 0.6) is 0 Å². The SMILES string of the molecule is CCn1ccnc1C1CCCN(C(=O)c2ccc3c(=O)n(C)cnc3c2)C1. The number of fused-ring (bicyclic) bond motifs is 1. The van der Waals surface area contributed by atoms with Gasteiger partial charge in [0.1, 0.15) is 5.82 Å². The number of hydrogen-bond donors (Lipinski definition) is 0. The van der Waals surface area contributed by atoms with Crippen molar-refractivity contribution >= 4 is 16.8 Å². The van der Waals surface area contributed by atoms with Crippen molar-refractivity contribution in [1.82, 2.24) is 24.0 Å². The van der Waals surface area contributed by atoms with E-state index in [-0.39, 0.29) is 17.4 Å². The molecule has 3 heterocycles. The molecular formula is C20H23N5O2. The molecule has 4 rings (SSSR count). The Balaban J connectivity index is 1.59. The smallest absolute Gasteiger partial charge is 0.260 e. The second-order valence-electron chi connectivity index (χ2n) is 7.05. The Bertz CT molecular complexity index is 1050. The zero-order valence-corrected chi connectivity index (χ0v) is 15.6. The summed E-state index contributed by atoms with van der Waals surface area (Å²) in [7, 11) is 1.67. The van der Waals surface area contributed by atoms with Crippen LogP contribution in [0, 0.1) is 0 Å². The van der Waals surface area contributed by atoms with E-state index in [1.165, 1.54) is 10.9 Å². The van der Waals surface area contributed by atoms with Crippen LogP contribution >= 0.6 is 0 Å². The molecule has 0 radical (unpaired) electrons. The Morgan fingerprint density at radius 2 is 2.15 bits per heavy atom. The molecule has 7 heteroatoms. The van der Waals surface area contributed by atoms with E-state index in [9.17, 15) is 9.59 Å². The van der Waals surface area contributed by atoms with Gasteiger partial charge in [0.2, 0.25) is 0 Å². The van der Waals surface area contributed by atoms with E-state index in [2.05, 4.69) is 21.5 Å². The van der Waals surface area contributed by atoms with Crippen LogP contribution in [0.1, 0.15) is 41.9 Å². The molecule has 0 saturated carbocycles. The number of likely N-dealkylation sites (tertiary alicyclic amines) is 1. The Morgan fingerprint density at radius 1 is 1.30 bits per heavy atom. The molecule has 1 fully saturated rings. The molecule has 1 aliphatic heterocycles. The van der Waals surface area contributed by atoms with Crippen LogP contribution in [-0.2, 0) is 13.6 Å². The van der Waals surface area contributed by atoms with Gasteiger partial charge in [-0.3, -0.25) is 9.59 Å². The minimum Gasteiger partial charge on any atom is -0.338 e. The van der Waals surface area contributed by atoms with Crippen molar-refractivity contribution in [1.29, 1.82) is 0 Å². The van der Waals surface area contributed by atoms with Crippen molar-refractivity contribution in [3.8, 4) is 0 Å². The molecule has 1 unspecified atom stereocenters. The first-order valence-electron chi connectivity index (χ1n) is 9.34. The van der Waals surface area contributed by atoms with Gasteiger partial charge in [0.25, 0.3) is 11.5 Å². The van der Waals surface area contributed by atoms with Crippen molar-refractivity contribution in [2.24, 2.45) is 7.05 Å². The molecule has 1 atom stereocenters. The molecule has 0 bridgehead atoms. The summed E-state index contributed by atoms with van der Waals surface area (Å²) in [6.45, 7) is 4.39. The largest absolute Gasteiger partial charge is 0.338 e. The van der Waals surface area contributed by atoms with E-state index in [0.29, 0.717) is 23.0 Å². The van der Waals surface area contributed by atoms with E-state index < -0.39 is 0 Å². The summed E-state index contributed by atoms with van der Waals surface area (Å²) < 4.78 is 3.59. The van der Waals surface area contributed by atoms with Gasteiger partial charge in [-0.15, -0.1) is 0 Å². The number of carbonyl (C=O) groups excluding carboxylic acids is 1. The first-order valence-corrected chi connectivity index (χ1v) is 9.34. The first kappa shape index (κ1) is 17.5. The Kier molecular flexibility index (Phi) is 4.51. The first-order chi connectivity index (χ1) is 13.1. The number of piperidine rings is 1. The molecule has 27 heavy (non-hydrogen) atoms. The van der Waals surface area contributed by atoms with Crippen LogP contribution in [0.15, 0.2) is 41.7 Å². The van der Waals surface area contributed by atoms with Crippen molar-refractivity contribution in [3.05, 3.63) is 58.7 Å². The lowest BCUT2D eigenvalue weighted by Gasteiger charge is -2.32. The monoisotopic (exact) mass is 365 g/mol. The maximum absolute atomic E-state index is 13.1. The quantitative estimate of drug-likeness (QED) is 0.713. The summed E-state index contributed by atoms with van der Waals surface area (Å²) in [5.41, 5.74) is 1.02. The normalized spacial score (nSPS) is 17.4. The van der Waals surface area contributed by atoms with Crippen molar-refractivity contribution in [2.75, 3.05) is 13.1 Å². The van der Waals surface area contributed by atoms with Gasteiger partial charge in [-0.05, 0) is 38.0 Å². The number of nitrogens with zero attached hydrogens (tertiary/aromatic N) is 5. The zero-order chi connectivity index (χ0) is 19.0. The van der Waals surface area contributed by atoms with E-state index in [0.717, 1.165) is 31.8 Å². The standard InChI is InChI=1S/C20H23N5O2/c1-3-24-10-8-21-18(24)15-5-4-9-25(12-15)19(26)14-6-7-16-17(11-14)22-13-23(2)20(16)27/h6-8,10-11,13,15H,3-5,9,12H2,1-2H3. The molecule has 0 spiro atoms. The minimum atomic E-state index is -0.108. The van der Waals surface area contributed by atoms with Gasteiger partial charge in [-0.1, -0.05) is 0 Å². The summed E-state index contributed by atoms with van der Waals surface area (Å²) in [5, 5.41) is 0.526. The maximum atomic E-state index is 13.1. The third kappa shape index (κ3) is 3.13. The van der Waals surface area contributed by atoms with E-state index in [1.807, 2.05) is 17.3 Å². The summed E-state index contributed by atoms with van der Waals surface area (Å²) in [4.78, 5) is 35.9. The van der Waals surface area contributed by atoms with Crippen molar-refractivity contribution in [2.45, 2.75) is 32.2 Å². The molecule has 1 aliphatic rings. The van der Waals surface area contributed by atoms with Gasteiger partial charge in [-0.25, -0.2) is 9.97 Å². The molecule has 0 N–H and O–H groups in total. The Morgan fingerprint density at radius 3 is 2.96 bits per heavy atom. The molecule has 1 amide bonds. The van der Waals surface area contributed by atoms with E-state index >= 15 is 0 Å². The molecule has 2 aromatic heterocycles. The van der Waals surface area contributed by atoms with Gasteiger partial charge in [-0.2, -0.15) is 0 Å². The fraction of sp³-hybridized carbons (Fsp3) is 0.400. The predicted octanol–water partition coefficient (Wildman–Crippen LogP) is 2.17. The van der Waals surface area contributed by atoms with Gasteiger partial charge in [0.15, 0.2) is 0 Å².